The van der Waals surface area contributed by atoms with Gasteiger partial charge in [-0.1, -0.05) is 159 Å². The van der Waals surface area contributed by atoms with Gasteiger partial charge < -0.3 is 6.92 Å². The molecule has 0 aromatic heterocycles. The number of hydrogen-bond donors (Lipinski definition) is 0. The molecule has 4 aromatic rings. The first-order valence-corrected chi connectivity index (χ1v) is 17.3. The predicted octanol–water partition coefficient (Wildman–Crippen LogP) is 7.89. The second kappa shape index (κ2) is 31.3. The second-order valence-corrected chi connectivity index (χ2v) is 14.1. The van der Waals surface area contributed by atoms with Gasteiger partial charge in [0.05, 0.1) is 0 Å². The molecule has 1 saturated carbocycles. The molecule has 0 saturated heterocycles. The fourth-order valence-corrected chi connectivity index (χ4v) is 10.3. The predicted molar refractivity (Wildman–Crippen MR) is 180 cm³/mol. The van der Waals surface area contributed by atoms with E-state index in [-0.39, 0.29) is 34.4 Å². The van der Waals surface area contributed by atoms with E-state index in [2.05, 4.69) is 155 Å². The largest absolute Gasteiger partial charge is 0.343 e. The average Bonchev–Trinajstić information content (AvgIpc) is 3.15. The second-order valence-electron chi connectivity index (χ2n) is 9.44. The van der Waals surface area contributed by atoms with Gasteiger partial charge in [-0.25, -0.2) is 0 Å². The molecule has 1 fully saturated rings. The van der Waals surface area contributed by atoms with Gasteiger partial charge in [0.2, 0.25) is 0 Å². The van der Waals surface area contributed by atoms with Gasteiger partial charge in [-0.3, -0.25) is 0 Å². The smallest absolute Gasteiger partial charge is 0 e. The molecule has 0 N–H and O–H groups in total. The number of hydrogen-bond acceptors (Lipinski definition) is 0. The summed E-state index contributed by atoms with van der Waals surface area (Å²) < 4.78 is 30.0. The summed E-state index contributed by atoms with van der Waals surface area (Å²) >= 11 is 0. The normalized spacial score (nSPS) is 11.3. The van der Waals surface area contributed by atoms with Gasteiger partial charge in [-0.05, 0) is 49.4 Å². The maximum Gasteiger partial charge on any atom is 0 e. The van der Waals surface area contributed by atoms with Gasteiger partial charge >= 0.3 is 45.2 Å². The summed E-state index contributed by atoms with van der Waals surface area (Å²) in [6.07, 6.45) is 10.9. The van der Waals surface area contributed by atoms with Crippen molar-refractivity contribution in [2.24, 2.45) is 5.92 Å². The van der Waals surface area contributed by atoms with E-state index < -0.39 is 0 Å². The molecule has 1 radical (unpaired) electrons. The first-order chi connectivity index (χ1) is 21.8. The Hall–Kier alpha value is -2.72. The fraction of sp³-hybridized carbons (Fsp3) is 0.237. The topological polar surface area (TPSA) is 79.6 Å². The summed E-state index contributed by atoms with van der Waals surface area (Å²) in [5.41, 5.74) is 0. The first kappa shape index (κ1) is 44.4. The molecule has 0 aliphatic heterocycles. The zero-order valence-corrected chi connectivity index (χ0v) is 28.6. The zero-order valence-electron chi connectivity index (χ0n) is 25.5. The van der Waals surface area contributed by atoms with Crippen molar-refractivity contribution in [2.75, 3.05) is 12.3 Å². The Morgan fingerprint density at radius 2 is 0.711 bits per heavy atom. The van der Waals surface area contributed by atoms with E-state index in [1.807, 2.05) is 0 Å². The monoisotopic (exact) mass is 672 g/mol. The molecule has 45 heavy (non-hydrogen) atoms. The van der Waals surface area contributed by atoms with Gasteiger partial charge in [0.15, 0.2) is 0 Å². The quantitative estimate of drug-likeness (QED) is 0.104. The minimum atomic E-state index is -0.348. The average molecular weight is 673 g/mol. The van der Waals surface area contributed by atoms with Crippen LogP contribution in [0.1, 0.15) is 38.5 Å². The summed E-state index contributed by atoms with van der Waals surface area (Å²) in [6, 6.07) is 44.2. The Morgan fingerprint density at radius 1 is 0.467 bits per heavy atom. The molecule has 5 rings (SSSR count). The number of benzene rings is 4. The van der Waals surface area contributed by atoms with E-state index in [1.54, 1.807) is 0 Å². The fourth-order valence-electron chi connectivity index (χ4n) is 4.92. The van der Waals surface area contributed by atoms with Crippen LogP contribution in [-0.4, -0.2) is 12.3 Å². The summed E-state index contributed by atoms with van der Waals surface area (Å²) in [6.45, 7) is 21.9. The Kier molecular flexibility index (Phi) is 30.9. The Labute approximate surface area is 284 Å². The van der Waals surface area contributed by atoms with Gasteiger partial charge in [0.1, 0.15) is 0 Å². The molecule has 4 nitrogen and oxygen atoms in total. The molecular weight excluding hydrogens is 633 g/mol. The molecule has 0 heterocycles. The van der Waals surface area contributed by atoms with E-state index in [4.69, 9.17) is 18.6 Å². The van der Waals surface area contributed by atoms with E-state index in [0.29, 0.717) is 0 Å². The van der Waals surface area contributed by atoms with Crippen molar-refractivity contribution < 1.29 is 37.2 Å². The van der Waals surface area contributed by atoms with Crippen molar-refractivity contribution >= 4 is 37.1 Å². The molecule has 1 aliphatic carbocycles. The molecular formula is C38H39O4P2V-. The maximum absolute atomic E-state index is 7.50. The van der Waals surface area contributed by atoms with Crippen LogP contribution in [0.3, 0.4) is 0 Å². The van der Waals surface area contributed by atoms with Crippen molar-refractivity contribution in [1.29, 1.82) is 0 Å². The minimum absolute atomic E-state index is 0. The van der Waals surface area contributed by atoms with Crippen LogP contribution in [-0.2, 0) is 37.2 Å². The van der Waals surface area contributed by atoms with Gasteiger partial charge in [0.25, 0.3) is 0 Å². The maximum atomic E-state index is 7.50. The Bertz CT molecular complexity index is 1110. The van der Waals surface area contributed by atoms with E-state index in [0.717, 1.165) is 5.92 Å². The van der Waals surface area contributed by atoms with E-state index in [1.165, 1.54) is 72.1 Å². The van der Waals surface area contributed by atoms with Crippen LogP contribution in [0.4, 0.5) is 0 Å². The summed E-state index contributed by atoms with van der Waals surface area (Å²) in [5, 5.41) is 5.89. The molecule has 0 amide bonds. The molecule has 0 bridgehead atoms. The Morgan fingerprint density at radius 3 is 0.911 bits per heavy atom. The molecule has 4 aromatic carbocycles. The molecule has 231 valence electrons. The molecule has 7 heteroatoms. The van der Waals surface area contributed by atoms with Gasteiger partial charge in [-0.2, -0.15) is 6.42 Å². The SMILES string of the molecule is [C-]#[O+].[C-]#[O+].[C-]#[O+].[C-]#[O+].[CH2-]CC1CCCCC1.[V].c1ccc(P(CCP(c2ccccc2)c2ccccc2)c2ccccc2)cc1. The standard InChI is InChI=1S/C26H24P2.C8H15.4CO.V/c1-5-13-23(14-6-1)27(24-15-7-2-8-16-24)21-22-28(25-17-9-3-10-18-25)26-19-11-4-12-20-26;1-2-8-6-4-3-5-7-8;4*1-2;/h1-20H,21-22H2;8H,1-7H2;;;;;/q;-1;;;;;. The van der Waals surface area contributed by atoms with E-state index >= 15 is 0 Å². The molecule has 0 spiro atoms. The zero-order chi connectivity index (χ0) is 32.8. The molecule has 0 atom stereocenters. The third-order valence-corrected chi connectivity index (χ3v) is 12.3. The van der Waals surface area contributed by atoms with Gasteiger partial charge in [0, 0.05) is 18.6 Å². The third kappa shape index (κ3) is 17.5. The summed E-state index contributed by atoms with van der Waals surface area (Å²) in [4.78, 5) is 0. The Balaban J connectivity index is 0. The van der Waals surface area contributed by atoms with Crippen molar-refractivity contribution in [2.45, 2.75) is 38.5 Å². The molecule has 1 aliphatic rings. The van der Waals surface area contributed by atoms with Crippen molar-refractivity contribution in [3.05, 3.63) is 155 Å². The number of rotatable bonds is 8. The van der Waals surface area contributed by atoms with Crippen LogP contribution in [0.2, 0.25) is 0 Å². The van der Waals surface area contributed by atoms with Crippen LogP contribution in [0.25, 0.3) is 0 Å². The first-order valence-electron chi connectivity index (χ1n) is 14.2. The minimum Gasteiger partial charge on any atom is -0.343 e. The van der Waals surface area contributed by atoms with Gasteiger partial charge in [-0.15, -0.1) is 0 Å². The van der Waals surface area contributed by atoms with Crippen LogP contribution in [0.5, 0.6) is 0 Å². The van der Waals surface area contributed by atoms with Crippen molar-refractivity contribution in [1.82, 2.24) is 0 Å². The summed E-state index contributed by atoms with van der Waals surface area (Å²) in [5.74, 6) is 0.976. The molecule has 0 unspecified atom stereocenters. The van der Waals surface area contributed by atoms with Crippen molar-refractivity contribution in [3.63, 3.8) is 0 Å². The van der Waals surface area contributed by atoms with E-state index in [9.17, 15) is 0 Å². The van der Waals surface area contributed by atoms with Crippen LogP contribution in [0, 0.1) is 39.4 Å². The van der Waals surface area contributed by atoms with Crippen LogP contribution < -0.4 is 21.2 Å². The van der Waals surface area contributed by atoms with Crippen LogP contribution in [0.15, 0.2) is 121 Å². The van der Waals surface area contributed by atoms with Crippen LogP contribution >= 0.6 is 15.8 Å². The van der Waals surface area contributed by atoms with Crippen molar-refractivity contribution in [3.8, 4) is 0 Å². The third-order valence-electron chi connectivity index (χ3n) is 6.95. The summed E-state index contributed by atoms with van der Waals surface area (Å²) in [7, 11) is -0.696.